The van der Waals surface area contributed by atoms with Crippen molar-refractivity contribution in [2.24, 2.45) is 7.05 Å². The number of benzene rings is 1. The number of aromatic nitrogens is 1. The van der Waals surface area contributed by atoms with E-state index in [1.807, 2.05) is 19.1 Å². The molecule has 0 aliphatic heterocycles. The molecule has 1 N–H and O–H groups in total. The monoisotopic (exact) mass is 293 g/mol. The summed E-state index contributed by atoms with van der Waals surface area (Å²) in [6.07, 6.45) is 0.685. The zero-order valence-electron chi connectivity index (χ0n) is 12.5. The smallest absolute Gasteiger partial charge is 0.352 e. The lowest BCUT2D eigenvalue weighted by Gasteiger charge is -2.22. The largest absolute Gasteiger partial charge is 0.477 e. The SMILES string of the molecule is CCc1c(C(=O)O)n(C)c2c(C(C)(C)C)c(Cl)ccc12. The Morgan fingerprint density at radius 2 is 1.95 bits per heavy atom. The lowest BCUT2D eigenvalue weighted by Crippen LogP contribution is -2.14. The van der Waals surface area contributed by atoms with Gasteiger partial charge >= 0.3 is 5.97 Å². The van der Waals surface area contributed by atoms with Crippen LogP contribution in [0, 0.1) is 0 Å². The molecule has 0 saturated carbocycles. The normalized spacial score (nSPS) is 12.1. The van der Waals surface area contributed by atoms with Crippen molar-refractivity contribution in [3.8, 4) is 0 Å². The first-order valence-corrected chi connectivity index (χ1v) is 7.11. The molecule has 0 amide bonds. The molecule has 0 radical (unpaired) electrons. The van der Waals surface area contributed by atoms with E-state index in [4.69, 9.17) is 11.6 Å². The molecular weight excluding hydrogens is 274 g/mol. The molecule has 0 spiro atoms. The fourth-order valence-corrected chi connectivity index (χ4v) is 3.38. The number of carboxylic acids is 1. The Morgan fingerprint density at radius 3 is 2.40 bits per heavy atom. The van der Waals surface area contributed by atoms with E-state index in [-0.39, 0.29) is 5.41 Å². The number of hydrogen-bond acceptors (Lipinski definition) is 1. The van der Waals surface area contributed by atoms with Crippen molar-refractivity contribution in [2.45, 2.75) is 39.5 Å². The average Bonchev–Trinajstić information content (AvgIpc) is 2.60. The van der Waals surface area contributed by atoms with Crippen LogP contribution in [0.25, 0.3) is 10.9 Å². The second kappa shape index (κ2) is 4.81. The molecule has 0 saturated heterocycles. The minimum absolute atomic E-state index is 0.149. The minimum Gasteiger partial charge on any atom is -0.477 e. The van der Waals surface area contributed by atoms with Crippen LogP contribution in [0.2, 0.25) is 5.02 Å². The zero-order valence-corrected chi connectivity index (χ0v) is 13.3. The molecule has 0 atom stereocenters. The second-order valence-corrected chi connectivity index (χ2v) is 6.52. The Morgan fingerprint density at radius 1 is 1.35 bits per heavy atom. The number of carbonyl (C=O) groups is 1. The van der Waals surface area contributed by atoms with Crippen molar-refractivity contribution in [3.63, 3.8) is 0 Å². The maximum absolute atomic E-state index is 11.6. The highest BCUT2D eigenvalue weighted by Gasteiger charge is 2.27. The Bertz CT molecular complexity index is 693. The summed E-state index contributed by atoms with van der Waals surface area (Å²) in [4.78, 5) is 11.6. The van der Waals surface area contributed by atoms with Crippen molar-refractivity contribution in [3.05, 3.63) is 34.0 Å². The lowest BCUT2D eigenvalue weighted by molar-refractivity contribution is 0.0686. The zero-order chi connectivity index (χ0) is 15.2. The summed E-state index contributed by atoms with van der Waals surface area (Å²) in [5.41, 5.74) is 3.01. The third kappa shape index (κ3) is 2.10. The van der Waals surface area contributed by atoms with Crippen molar-refractivity contribution in [1.29, 1.82) is 0 Å². The highest BCUT2D eigenvalue weighted by atomic mass is 35.5. The summed E-state index contributed by atoms with van der Waals surface area (Å²) in [5.74, 6) is -0.892. The number of aromatic carboxylic acids is 1. The maximum atomic E-state index is 11.6. The average molecular weight is 294 g/mol. The lowest BCUT2D eigenvalue weighted by atomic mass is 9.85. The van der Waals surface area contributed by atoms with Gasteiger partial charge in [0, 0.05) is 23.0 Å². The summed E-state index contributed by atoms with van der Waals surface area (Å²) < 4.78 is 1.77. The molecule has 0 aliphatic carbocycles. The molecule has 108 valence electrons. The molecule has 4 heteroatoms. The van der Waals surface area contributed by atoms with Crippen LogP contribution in [-0.4, -0.2) is 15.6 Å². The molecule has 0 fully saturated rings. The molecule has 0 aliphatic rings. The summed E-state index contributed by atoms with van der Waals surface area (Å²) in [5, 5.41) is 11.2. The molecule has 20 heavy (non-hydrogen) atoms. The molecule has 0 bridgehead atoms. The van der Waals surface area contributed by atoms with Crippen LogP contribution in [0.3, 0.4) is 0 Å². The van der Waals surface area contributed by atoms with Gasteiger partial charge in [-0.1, -0.05) is 45.4 Å². The van der Waals surface area contributed by atoms with E-state index in [1.54, 1.807) is 11.6 Å². The highest BCUT2D eigenvalue weighted by molar-refractivity contribution is 6.32. The van der Waals surface area contributed by atoms with Gasteiger partial charge in [0.2, 0.25) is 0 Å². The number of nitrogens with zero attached hydrogens (tertiary/aromatic N) is 1. The molecule has 0 unspecified atom stereocenters. The second-order valence-electron chi connectivity index (χ2n) is 6.11. The Kier molecular flexibility index (Phi) is 3.59. The van der Waals surface area contributed by atoms with Gasteiger partial charge in [-0.25, -0.2) is 4.79 Å². The van der Waals surface area contributed by atoms with Crippen LogP contribution in [0.15, 0.2) is 12.1 Å². The van der Waals surface area contributed by atoms with Crippen molar-refractivity contribution in [1.82, 2.24) is 4.57 Å². The van der Waals surface area contributed by atoms with E-state index >= 15 is 0 Å². The predicted octanol–water partition coefficient (Wildman–Crippen LogP) is 4.39. The number of rotatable bonds is 2. The molecule has 1 aromatic carbocycles. The first kappa shape index (κ1) is 14.9. The first-order chi connectivity index (χ1) is 9.20. The van der Waals surface area contributed by atoms with Crippen LogP contribution < -0.4 is 0 Å². The van der Waals surface area contributed by atoms with Gasteiger partial charge in [-0.2, -0.15) is 0 Å². The fourth-order valence-electron chi connectivity index (χ4n) is 2.94. The molecule has 2 aromatic rings. The van der Waals surface area contributed by atoms with Gasteiger partial charge in [0.1, 0.15) is 5.69 Å². The number of carboxylic acid groups (broad SMARTS) is 1. The Hall–Kier alpha value is -1.48. The number of fused-ring (bicyclic) bond motifs is 1. The van der Waals surface area contributed by atoms with Crippen LogP contribution in [0.5, 0.6) is 0 Å². The molecule has 1 heterocycles. The van der Waals surface area contributed by atoms with E-state index in [2.05, 4.69) is 20.8 Å². The number of aryl methyl sites for hydroxylation is 2. The van der Waals surface area contributed by atoms with Gasteiger partial charge in [0.05, 0.1) is 5.52 Å². The van der Waals surface area contributed by atoms with Gasteiger partial charge < -0.3 is 9.67 Å². The highest BCUT2D eigenvalue weighted by Crippen LogP contribution is 2.39. The van der Waals surface area contributed by atoms with Crippen LogP contribution in [0.1, 0.15) is 49.3 Å². The summed E-state index contributed by atoms with van der Waals surface area (Å²) >= 11 is 6.38. The van der Waals surface area contributed by atoms with E-state index in [1.165, 1.54) is 0 Å². The first-order valence-electron chi connectivity index (χ1n) is 6.73. The molecular formula is C16H20ClNO2. The van der Waals surface area contributed by atoms with E-state index < -0.39 is 5.97 Å². The summed E-state index contributed by atoms with van der Waals surface area (Å²) in [6.45, 7) is 8.25. The van der Waals surface area contributed by atoms with E-state index in [9.17, 15) is 9.90 Å². The van der Waals surface area contributed by atoms with Gasteiger partial charge in [-0.15, -0.1) is 0 Å². The van der Waals surface area contributed by atoms with E-state index in [0.29, 0.717) is 17.1 Å². The van der Waals surface area contributed by atoms with E-state index in [0.717, 1.165) is 22.0 Å². The third-order valence-corrected chi connectivity index (χ3v) is 4.03. The number of hydrogen-bond donors (Lipinski definition) is 1. The van der Waals surface area contributed by atoms with Gasteiger partial charge in [-0.3, -0.25) is 0 Å². The maximum Gasteiger partial charge on any atom is 0.352 e. The Labute approximate surface area is 124 Å². The van der Waals surface area contributed by atoms with Crippen LogP contribution in [0.4, 0.5) is 0 Å². The van der Waals surface area contributed by atoms with Gasteiger partial charge in [0.25, 0.3) is 0 Å². The Balaban J connectivity index is 3.04. The van der Waals surface area contributed by atoms with Gasteiger partial charge in [0.15, 0.2) is 0 Å². The topological polar surface area (TPSA) is 42.2 Å². The summed E-state index contributed by atoms with van der Waals surface area (Å²) in [7, 11) is 1.80. The standard InChI is InChI=1S/C16H20ClNO2/c1-6-9-10-7-8-11(17)12(16(2,3)4)13(10)18(5)14(9)15(19)20/h7-8H,6H2,1-5H3,(H,19,20). The van der Waals surface area contributed by atoms with Crippen LogP contribution >= 0.6 is 11.6 Å². The fraction of sp³-hybridized carbons (Fsp3) is 0.438. The quantitative estimate of drug-likeness (QED) is 0.892. The molecule has 1 aromatic heterocycles. The summed E-state index contributed by atoms with van der Waals surface area (Å²) in [6, 6.07) is 3.80. The molecule has 3 nitrogen and oxygen atoms in total. The molecule has 2 rings (SSSR count). The van der Waals surface area contributed by atoms with Crippen molar-refractivity contribution >= 4 is 28.5 Å². The van der Waals surface area contributed by atoms with Crippen molar-refractivity contribution < 1.29 is 9.90 Å². The number of halogens is 1. The minimum atomic E-state index is -0.892. The van der Waals surface area contributed by atoms with Gasteiger partial charge in [-0.05, 0) is 23.5 Å². The third-order valence-electron chi connectivity index (χ3n) is 3.71. The van der Waals surface area contributed by atoms with Crippen LogP contribution in [-0.2, 0) is 18.9 Å². The van der Waals surface area contributed by atoms with Crippen molar-refractivity contribution in [2.75, 3.05) is 0 Å². The predicted molar refractivity (Wildman–Crippen MR) is 83.0 cm³/mol.